The molecule has 1 aliphatic rings. The van der Waals surface area contributed by atoms with Crippen LogP contribution in [0.5, 0.6) is 5.75 Å². The topological polar surface area (TPSA) is 146 Å². The van der Waals surface area contributed by atoms with Gasteiger partial charge >= 0.3 is 6.03 Å². The Morgan fingerprint density at radius 3 is 2.54 bits per heavy atom. The minimum Gasteiger partial charge on any atom is -0.490 e. The Kier molecular flexibility index (Phi) is 13.0. The summed E-state index contributed by atoms with van der Waals surface area (Å²) in [6, 6.07) is 13.5. The lowest BCUT2D eigenvalue weighted by atomic mass is 10.0. The van der Waals surface area contributed by atoms with Crippen LogP contribution >= 0.6 is 0 Å². The van der Waals surface area contributed by atoms with Gasteiger partial charge in [-0.15, -0.1) is 0 Å². The Hall–Kier alpha value is -4.42. The monoisotopic (exact) mass is 663 g/mol. The van der Waals surface area contributed by atoms with Crippen LogP contribution in [0.2, 0.25) is 0 Å². The van der Waals surface area contributed by atoms with Crippen LogP contribution in [-0.4, -0.2) is 89.5 Å². The number of ether oxygens (including phenoxy) is 2. The van der Waals surface area contributed by atoms with Crippen molar-refractivity contribution in [3.05, 3.63) is 71.1 Å². The number of rotatable bonds is 8. The predicted octanol–water partition coefficient (Wildman–Crippen LogP) is 5.43. The number of hydrogen-bond donors (Lipinski definition) is 3. The molecule has 12 nitrogen and oxygen atoms in total. The van der Waals surface area contributed by atoms with Crippen LogP contribution in [0.15, 0.2) is 53.1 Å². The second-order valence-electron chi connectivity index (χ2n) is 12.7. The molecule has 260 valence electrons. The molecule has 2 aromatic carbocycles. The Labute approximate surface area is 282 Å². The summed E-state index contributed by atoms with van der Waals surface area (Å²) >= 11 is 0. The Bertz CT molecular complexity index is 1510. The van der Waals surface area contributed by atoms with Gasteiger partial charge in [-0.3, -0.25) is 9.59 Å². The first-order valence-electron chi connectivity index (χ1n) is 16.6. The molecular weight excluding hydrogens is 614 g/mol. The fraction of sp³-hybridized carbons (Fsp3) is 0.500. The molecule has 4 rings (SSSR count). The highest BCUT2D eigenvalue weighted by atomic mass is 16.5. The van der Waals surface area contributed by atoms with Crippen molar-refractivity contribution in [2.24, 2.45) is 5.92 Å². The standard InChI is InChI=1S/C36H49N5O7/c1-23-20-41(24(2)22-42)35(44)30-19-29(37-36(45)38-34-26(4)39-48-27(34)5)15-16-31(30)47-25(3)12-10-11-17-46-32(23)21-40(6)33(43)18-28-13-8-7-9-14-28/h7-9,13-16,19,23-25,32,42H,10-12,17-18,20-22H2,1-6H3,(H2,37,38,45)/t23-,24+,25-,32-/m1/s1. The molecule has 0 fully saturated rings. The van der Waals surface area contributed by atoms with Gasteiger partial charge < -0.3 is 39.5 Å². The number of aliphatic hydroxyl groups excluding tert-OH is 1. The molecular formula is C36H49N5O7. The van der Waals surface area contributed by atoms with E-state index in [1.807, 2.05) is 44.2 Å². The average Bonchev–Trinajstić information content (AvgIpc) is 3.38. The maximum Gasteiger partial charge on any atom is 0.323 e. The number of urea groups is 1. The van der Waals surface area contributed by atoms with Crippen molar-refractivity contribution >= 4 is 29.2 Å². The van der Waals surface area contributed by atoms with Crippen LogP contribution in [-0.2, 0) is 16.0 Å². The zero-order chi connectivity index (χ0) is 34.8. The van der Waals surface area contributed by atoms with E-state index in [9.17, 15) is 19.5 Å². The molecule has 0 saturated carbocycles. The third-order valence-corrected chi connectivity index (χ3v) is 8.66. The van der Waals surface area contributed by atoms with Crippen LogP contribution < -0.4 is 15.4 Å². The summed E-state index contributed by atoms with van der Waals surface area (Å²) in [7, 11) is 1.78. The number of aryl methyl sites for hydroxylation is 2. The molecule has 4 amide bonds. The first kappa shape index (κ1) is 36.4. The molecule has 0 spiro atoms. The van der Waals surface area contributed by atoms with Crippen LogP contribution in [0.25, 0.3) is 0 Å². The van der Waals surface area contributed by atoms with Crippen molar-refractivity contribution in [3.63, 3.8) is 0 Å². The first-order valence-corrected chi connectivity index (χ1v) is 16.6. The quantitative estimate of drug-likeness (QED) is 0.289. The van der Waals surface area contributed by atoms with Crippen LogP contribution in [0.4, 0.5) is 16.2 Å². The third kappa shape index (κ3) is 9.80. The summed E-state index contributed by atoms with van der Waals surface area (Å²) in [4.78, 5) is 43.7. The van der Waals surface area contributed by atoms with E-state index in [-0.39, 0.29) is 55.1 Å². The van der Waals surface area contributed by atoms with Crippen molar-refractivity contribution in [3.8, 4) is 5.75 Å². The number of amides is 4. The van der Waals surface area contributed by atoms with Crippen LogP contribution in [0.1, 0.15) is 67.4 Å². The normalized spacial score (nSPS) is 19.8. The van der Waals surface area contributed by atoms with Gasteiger partial charge in [0.25, 0.3) is 5.91 Å². The number of aliphatic hydroxyl groups is 1. The van der Waals surface area contributed by atoms with Crippen LogP contribution in [0, 0.1) is 19.8 Å². The van der Waals surface area contributed by atoms with Gasteiger partial charge in [0.15, 0.2) is 5.76 Å². The largest absolute Gasteiger partial charge is 0.490 e. The lowest BCUT2D eigenvalue weighted by Crippen LogP contribution is -2.48. The molecule has 12 heteroatoms. The molecule has 0 bridgehead atoms. The van der Waals surface area contributed by atoms with E-state index < -0.39 is 12.1 Å². The molecule has 0 aliphatic carbocycles. The van der Waals surface area contributed by atoms with Crippen molar-refractivity contribution in [2.75, 3.05) is 44.0 Å². The summed E-state index contributed by atoms with van der Waals surface area (Å²) in [6.45, 7) is 10.0. The van der Waals surface area contributed by atoms with Crippen molar-refractivity contribution in [1.82, 2.24) is 15.0 Å². The second-order valence-corrected chi connectivity index (χ2v) is 12.7. The molecule has 1 aromatic heterocycles. The number of aromatic nitrogens is 1. The van der Waals surface area contributed by atoms with E-state index in [0.29, 0.717) is 41.7 Å². The second kappa shape index (κ2) is 17.1. The Morgan fingerprint density at radius 1 is 1.10 bits per heavy atom. The van der Waals surface area contributed by atoms with Gasteiger partial charge in [0.2, 0.25) is 5.91 Å². The summed E-state index contributed by atoms with van der Waals surface area (Å²) in [6.07, 6.45) is 2.14. The van der Waals surface area contributed by atoms with E-state index in [2.05, 4.69) is 15.8 Å². The number of carbonyl (C=O) groups is 3. The van der Waals surface area contributed by atoms with Gasteiger partial charge in [-0.1, -0.05) is 42.4 Å². The van der Waals surface area contributed by atoms with E-state index >= 15 is 0 Å². The number of likely N-dealkylation sites (N-methyl/N-ethyl adjacent to an activating group) is 1. The number of fused-ring (bicyclic) bond motifs is 1. The molecule has 1 aliphatic heterocycles. The summed E-state index contributed by atoms with van der Waals surface area (Å²) in [5.41, 5.74) is 2.59. The smallest absolute Gasteiger partial charge is 0.323 e. The number of carbonyl (C=O) groups excluding carboxylic acids is 3. The molecule has 2 heterocycles. The Morgan fingerprint density at radius 2 is 1.85 bits per heavy atom. The first-order chi connectivity index (χ1) is 23.0. The van der Waals surface area contributed by atoms with Crippen molar-refractivity contribution in [2.45, 2.75) is 78.6 Å². The van der Waals surface area contributed by atoms with Gasteiger partial charge in [-0.2, -0.15) is 0 Å². The summed E-state index contributed by atoms with van der Waals surface area (Å²) in [5.74, 6) is 0.295. The molecule has 3 aromatic rings. The number of nitrogens with zero attached hydrogens (tertiary/aromatic N) is 3. The Balaban J connectivity index is 1.59. The number of hydrogen-bond acceptors (Lipinski definition) is 8. The van der Waals surface area contributed by atoms with Crippen molar-refractivity contribution in [1.29, 1.82) is 0 Å². The van der Waals surface area contributed by atoms with Gasteiger partial charge in [0, 0.05) is 38.3 Å². The molecule has 0 radical (unpaired) electrons. The van der Waals surface area contributed by atoms with Gasteiger partial charge in [-0.05, 0) is 70.7 Å². The zero-order valence-electron chi connectivity index (χ0n) is 28.8. The molecule has 4 atom stereocenters. The van der Waals surface area contributed by atoms with Gasteiger partial charge in [0.1, 0.15) is 17.1 Å². The number of nitrogens with one attached hydrogen (secondary N) is 2. The van der Waals surface area contributed by atoms with Gasteiger partial charge in [0.05, 0.1) is 36.8 Å². The van der Waals surface area contributed by atoms with Gasteiger partial charge in [-0.25, -0.2) is 4.79 Å². The maximum absolute atomic E-state index is 14.4. The van der Waals surface area contributed by atoms with E-state index in [4.69, 9.17) is 14.0 Å². The molecule has 48 heavy (non-hydrogen) atoms. The van der Waals surface area contributed by atoms with E-state index in [1.165, 1.54) is 0 Å². The SMILES string of the molecule is Cc1noc(C)c1NC(=O)Nc1ccc2c(c1)C(=O)N([C@@H](C)CO)C[C@@H](C)[C@@H](CN(C)C(=O)Cc1ccccc1)OCCCC[C@@H](C)O2. The molecule has 0 saturated heterocycles. The highest BCUT2D eigenvalue weighted by Crippen LogP contribution is 2.29. The zero-order valence-corrected chi connectivity index (χ0v) is 28.8. The van der Waals surface area contributed by atoms with E-state index in [0.717, 1.165) is 24.8 Å². The number of benzene rings is 2. The average molecular weight is 664 g/mol. The fourth-order valence-corrected chi connectivity index (χ4v) is 5.68. The fourth-order valence-electron chi connectivity index (χ4n) is 5.68. The van der Waals surface area contributed by atoms with Crippen LogP contribution in [0.3, 0.4) is 0 Å². The summed E-state index contributed by atoms with van der Waals surface area (Å²) in [5, 5.41) is 19.6. The van der Waals surface area contributed by atoms with E-state index in [1.54, 1.807) is 55.8 Å². The molecule has 3 N–H and O–H groups in total. The highest BCUT2D eigenvalue weighted by Gasteiger charge is 2.31. The lowest BCUT2D eigenvalue weighted by molar-refractivity contribution is -0.131. The maximum atomic E-state index is 14.4. The third-order valence-electron chi connectivity index (χ3n) is 8.66. The van der Waals surface area contributed by atoms with Crippen molar-refractivity contribution < 1.29 is 33.5 Å². The molecule has 0 unspecified atom stereocenters. The summed E-state index contributed by atoms with van der Waals surface area (Å²) < 4.78 is 17.8. The minimum absolute atomic E-state index is 0.0219. The lowest BCUT2D eigenvalue weighted by Gasteiger charge is -2.36. The minimum atomic E-state index is -0.532. The number of anilines is 2. The highest BCUT2D eigenvalue weighted by molar-refractivity contribution is 6.03. The predicted molar refractivity (Wildman–Crippen MR) is 183 cm³/mol.